The van der Waals surface area contributed by atoms with Gasteiger partial charge >= 0.3 is 0 Å². The predicted octanol–water partition coefficient (Wildman–Crippen LogP) is 2.87. The van der Waals surface area contributed by atoms with Crippen molar-refractivity contribution in [2.75, 3.05) is 13.7 Å². The number of ketones is 1. The van der Waals surface area contributed by atoms with Gasteiger partial charge in [0.05, 0.1) is 24.4 Å². The van der Waals surface area contributed by atoms with Crippen molar-refractivity contribution < 1.29 is 14.7 Å². The molecule has 1 aromatic carbocycles. The molecule has 0 unspecified atom stereocenters. The van der Waals surface area contributed by atoms with E-state index in [1.165, 1.54) is 11.1 Å². The normalized spacial score (nSPS) is 22.9. The Balaban J connectivity index is 1.88. The number of carbonyl (C=O) groups excluding carboxylic acids is 1. The van der Waals surface area contributed by atoms with E-state index in [0.29, 0.717) is 17.7 Å². The van der Waals surface area contributed by atoms with Gasteiger partial charge in [0.2, 0.25) is 0 Å². The molecule has 0 amide bonds. The molecule has 0 radical (unpaired) electrons. The third-order valence-electron chi connectivity index (χ3n) is 5.48. The lowest BCUT2D eigenvalue weighted by molar-refractivity contribution is -0.116. The van der Waals surface area contributed by atoms with Crippen LogP contribution in [0.2, 0.25) is 0 Å². The minimum absolute atomic E-state index is 0.0685. The maximum absolute atomic E-state index is 12.5. The van der Waals surface area contributed by atoms with Gasteiger partial charge in [-0.1, -0.05) is 6.07 Å². The number of allylic oxidation sites excluding steroid dienone is 2. The fourth-order valence-electron chi connectivity index (χ4n) is 4.36. The van der Waals surface area contributed by atoms with Crippen molar-refractivity contribution >= 4 is 5.78 Å². The second-order valence-corrected chi connectivity index (χ2v) is 6.68. The molecule has 0 saturated carbocycles. The Hall–Kier alpha value is -2.27. The molecule has 1 atom stereocenters. The maximum Gasteiger partial charge on any atom is 0.166 e. The van der Waals surface area contributed by atoms with Crippen LogP contribution in [0, 0.1) is 0 Å². The number of fused-ring (bicyclic) bond motifs is 4. The van der Waals surface area contributed by atoms with Crippen LogP contribution in [0.1, 0.15) is 43.4 Å². The number of Topliss-reactive ketones (excluding diaryl/α,β-unsaturated/α-hetero) is 1. The standard InChI is InChI=1S/C19H22N2O3/c1-11-18(20-23)17-15(4-3-5-16(17)22)21-9-8-12-10-13(24-2)6-7-14(12)19(11)21/h6-7,10,19-20,23H,3-5,8-9H2,1-2H3/t19-/m0/s1. The Kier molecular flexibility index (Phi) is 3.61. The van der Waals surface area contributed by atoms with E-state index in [2.05, 4.69) is 22.5 Å². The van der Waals surface area contributed by atoms with Crippen molar-refractivity contribution in [3.8, 4) is 5.75 Å². The van der Waals surface area contributed by atoms with Crippen LogP contribution in [0.25, 0.3) is 0 Å². The quantitative estimate of drug-likeness (QED) is 0.818. The Morgan fingerprint density at radius 3 is 2.88 bits per heavy atom. The van der Waals surface area contributed by atoms with E-state index in [0.717, 1.165) is 42.8 Å². The van der Waals surface area contributed by atoms with Gasteiger partial charge in [0.1, 0.15) is 5.75 Å². The molecule has 0 bridgehead atoms. The number of ether oxygens (including phenoxy) is 1. The highest BCUT2D eigenvalue weighted by Crippen LogP contribution is 2.46. The number of hydrogen-bond donors (Lipinski definition) is 2. The molecule has 0 spiro atoms. The number of nitrogens with zero attached hydrogens (tertiary/aromatic N) is 1. The van der Waals surface area contributed by atoms with Crippen LogP contribution in [-0.2, 0) is 11.2 Å². The number of methoxy groups -OCH3 is 1. The first-order chi connectivity index (χ1) is 11.7. The lowest BCUT2D eigenvalue weighted by Gasteiger charge is -2.46. The second-order valence-electron chi connectivity index (χ2n) is 6.68. The Morgan fingerprint density at radius 1 is 1.29 bits per heavy atom. The topological polar surface area (TPSA) is 61.8 Å². The van der Waals surface area contributed by atoms with Crippen LogP contribution in [0.15, 0.2) is 40.7 Å². The van der Waals surface area contributed by atoms with E-state index in [9.17, 15) is 10.0 Å². The maximum atomic E-state index is 12.5. The predicted molar refractivity (Wildman–Crippen MR) is 89.7 cm³/mol. The summed E-state index contributed by atoms with van der Waals surface area (Å²) in [7, 11) is 1.68. The van der Waals surface area contributed by atoms with E-state index < -0.39 is 0 Å². The van der Waals surface area contributed by atoms with Crippen molar-refractivity contribution in [1.29, 1.82) is 0 Å². The van der Waals surface area contributed by atoms with Gasteiger partial charge in [0, 0.05) is 18.7 Å². The van der Waals surface area contributed by atoms with E-state index in [4.69, 9.17) is 4.74 Å². The molecule has 0 aromatic heterocycles. The van der Waals surface area contributed by atoms with Gasteiger partial charge in [-0.25, -0.2) is 0 Å². The summed E-state index contributed by atoms with van der Waals surface area (Å²) in [5.74, 6) is 0.999. The van der Waals surface area contributed by atoms with Gasteiger partial charge in [-0.3, -0.25) is 15.5 Å². The van der Waals surface area contributed by atoms with Crippen molar-refractivity contribution in [3.63, 3.8) is 0 Å². The molecule has 4 rings (SSSR count). The van der Waals surface area contributed by atoms with E-state index in [1.807, 2.05) is 13.0 Å². The van der Waals surface area contributed by atoms with E-state index >= 15 is 0 Å². The lowest BCUT2D eigenvalue weighted by atomic mass is 9.79. The number of hydroxylamine groups is 1. The number of benzene rings is 1. The van der Waals surface area contributed by atoms with Crippen LogP contribution >= 0.6 is 0 Å². The molecule has 5 nitrogen and oxygen atoms in total. The largest absolute Gasteiger partial charge is 0.497 e. The zero-order valence-electron chi connectivity index (χ0n) is 14.1. The van der Waals surface area contributed by atoms with Gasteiger partial charge in [-0.05, 0) is 55.0 Å². The lowest BCUT2D eigenvalue weighted by Crippen LogP contribution is -2.42. The molecule has 5 heteroatoms. The minimum Gasteiger partial charge on any atom is -0.497 e. The van der Waals surface area contributed by atoms with Crippen molar-refractivity contribution in [3.05, 3.63) is 51.9 Å². The molecule has 2 heterocycles. The van der Waals surface area contributed by atoms with Gasteiger partial charge < -0.3 is 9.64 Å². The Labute approximate surface area is 141 Å². The fraction of sp³-hybridized carbons (Fsp3) is 0.421. The molecule has 3 aliphatic rings. The summed E-state index contributed by atoms with van der Waals surface area (Å²) in [5.41, 5.74) is 8.20. The van der Waals surface area contributed by atoms with E-state index in [-0.39, 0.29) is 11.8 Å². The number of nitrogens with one attached hydrogen (secondary N) is 1. The Morgan fingerprint density at radius 2 is 2.12 bits per heavy atom. The highest BCUT2D eigenvalue weighted by molar-refractivity contribution is 6.01. The summed E-state index contributed by atoms with van der Waals surface area (Å²) < 4.78 is 5.35. The van der Waals surface area contributed by atoms with Gasteiger partial charge in [0.15, 0.2) is 5.78 Å². The molecule has 2 N–H and O–H groups in total. The highest BCUT2D eigenvalue weighted by atomic mass is 16.5. The second kappa shape index (κ2) is 5.67. The summed E-state index contributed by atoms with van der Waals surface area (Å²) in [6.45, 7) is 2.88. The van der Waals surface area contributed by atoms with Crippen molar-refractivity contribution in [2.45, 2.75) is 38.6 Å². The van der Waals surface area contributed by atoms with Crippen LogP contribution in [0.4, 0.5) is 0 Å². The molecule has 0 fully saturated rings. The van der Waals surface area contributed by atoms with Crippen LogP contribution in [-0.4, -0.2) is 29.5 Å². The smallest absolute Gasteiger partial charge is 0.166 e. The van der Waals surface area contributed by atoms with Crippen molar-refractivity contribution in [2.24, 2.45) is 0 Å². The van der Waals surface area contributed by atoms with Crippen LogP contribution in [0.3, 0.4) is 0 Å². The molecule has 1 aromatic rings. The van der Waals surface area contributed by atoms with Crippen LogP contribution in [0.5, 0.6) is 5.75 Å². The van der Waals surface area contributed by atoms with Gasteiger partial charge in [-0.15, -0.1) is 0 Å². The van der Waals surface area contributed by atoms with Gasteiger partial charge in [-0.2, -0.15) is 0 Å². The summed E-state index contributed by atoms with van der Waals surface area (Å²) in [4.78, 5) is 14.8. The Bertz CT molecular complexity index is 779. The molecule has 1 aliphatic carbocycles. The molecule has 0 saturated heterocycles. The third-order valence-corrected chi connectivity index (χ3v) is 5.48. The zero-order valence-corrected chi connectivity index (χ0v) is 14.1. The SMILES string of the molecule is COc1ccc2c(c1)CCN1C3=C(C(=O)CCC3)C(NO)=C(C)[C@@H]21. The van der Waals surface area contributed by atoms with E-state index in [1.54, 1.807) is 7.11 Å². The zero-order chi connectivity index (χ0) is 16.8. The number of rotatable bonds is 2. The fourth-order valence-corrected chi connectivity index (χ4v) is 4.36. The monoisotopic (exact) mass is 326 g/mol. The van der Waals surface area contributed by atoms with Gasteiger partial charge in [0.25, 0.3) is 0 Å². The average molecular weight is 326 g/mol. The highest BCUT2D eigenvalue weighted by Gasteiger charge is 2.40. The average Bonchev–Trinajstić information content (AvgIpc) is 2.61. The first kappa shape index (κ1) is 15.3. The first-order valence-electron chi connectivity index (χ1n) is 8.46. The van der Waals surface area contributed by atoms with Crippen molar-refractivity contribution in [1.82, 2.24) is 10.4 Å². The molecule has 126 valence electrons. The number of carbonyl (C=O) groups is 1. The molecular formula is C19H22N2O3. The molecule has 24 heavy (non-hydrogen) atoms. The number of hydrogen-bond acceptors (Lipinski definition) is 5. The summed E-state index contributed by atoms with van der Waals surface area (Å²) in [6.07, 6.45) is 3.27. The van der Waals surface area contributed by atoms with Crippen LogP contribution < -0.4 is 10.2 Å². The summed E-state index contributed by atoms with van der Waals surface area (Å²) in [6, 6.07) is 6.26. The minimum atomic E-state index is 0.0685. The first-order valence-corrected chi connectivity index (χ1v) is 8.46. The summed E-state index contributed by atoms with van der Waals surface area (Å²) in [5, 5.41) is 9.71. The summed E-state index contributed by atoms with van der Waals surface area (Å²) >= 11 is 0. The molecule has 2 aliphatic heterocycles. The third kappa shape index (κ3) is 2.08. The molecular weight excluding hydrogens is 304 g/mol.